The van der Waals surface area contributed by atoms with E-state index in [1.54, 1.807) is 7.11 Å². The second kappa shape index (κ2) is 3.24. The zero-order chi connectivity index (χ0) is 11.2. The van der Waals surface area contributed by atoms with Crippen LogP contribution in [0.25, 0.3) is 0 Å². The molecule has 2 rings (SSSR count). The Labute approximate surface area is 91.4 Å². The molecule has 0 radical (unpaired) electrons. The maximum atomic E-state index is 6.09. The summed E-state index contributed by atoms with van der Waals surface area (Å²) in [5, 5.41) is 0. The fraction of sp³-hybridized carbons (Fsp3) is 0.538. The average Bonchev–Trinajstić information content (AvgIpc) is 2.66. The Balaban J connectivity index is 2.42. The van der Waals surface area contributed by atoms with Crippen LogP contribution in [0.5, 0.6) is 5.75 Å². The average molecular weight is 205 g/mol. The number of para-hydroxylation sites is 1. The third kappa shape index (κ3) is 1.44. The molecule has 0 bridgehead atoms. The van der Waals surface area contributed by atoms with E-state index in [9.17, 15) is 0 Å². The molecule has 1 fully saturated rings. The van der Waals surface area contributed by atoms with E-state index < -0.39 is 0 Å². The van der Waals surface area contributed by atoms with Crippen molar-refractivity contribution in [3.63, 3.8) is 0 Å². The van der Waals surface area contributed by atoms with Gasteiger partial charge in [-0.2, -0.15) is 0 Å². The number of benzene rings is 1. The van der Waals surface area contributed by atoms with E-state index in [4.69, 9.17) is 10.5 Å². The lowest BCUT2D eigenvalue weighted by atomic mass is 10.00. The Morgan fingerprint density at radius 3 is 2.40 bits per heavy atom. The summed E-state index contributed by atoms with van der Waals surface area (Å²) in [6.07, 6.45) is 0. The van der Waals surface area contributed by atoms with E-state index in [-0.39, 0.29) is 11.5 Å². The molecular weight excluding hydrogens is 186 g/mol. The van der Waals surface area contributed by atoms with E-state index in [0.29, 0.717) is 5.92 Å². The van der Waals surface area contributed by atoms with Gasteiger partial charge in [0.05, 0.1) is 7.11 Å². The van der Waals surface area contributed by atoms with Gasteiger partial charge in [-0.05, 0) is 23.5 Å². The van der Waals surface area contributed by atoms with Gasteiger partial charge in [0.2, 0.25) is 0 Å². The second-order valence-electron chi connectivity index (χ2n) is 5.02. The van der Waals surface area contributed by atoms with Crippen molar-refractivity contribution in [3.05, 3.63) is 29.3 Å². The smallest absolute Gasteiger partial charge is 0.125 e. The Kier molecular flexibility index (Phi) is 2.27. The maximum absolute atomic E-state index is 6.09. The Hall–Kier alpha value is -1.02. The van der Waals surface area contributed by atoms with Crippen LogP contribution >= 0.6 is 0 Å². The SMILES string of the molecule is COc1c(C)cccc1C1C(N)C1(C)C. The molecule has 2 unspecified atom stereocenters. The summed E-state index contributed by atoms with van der Waals surface area (Å²) in [6.45, 7) is 6.50. The monoisotopic (exact) mass is 205 g/mol. The summed E-state index contributed by atoms with van der Waals surface area (Å²) in [6, 6.07) is 6.54. The van der Waals surface area contributed by atoms with Crippen molar-refractivity contribution in [1.29, 1.82) is 0 Å². The van der Waals surface area contributed by atoms with E-state index in [2.05, 4.69) is 39.0 Å². The maximum Gasteiger partial charge on any atom is 0.125 e. The minimum Gasteiger partial charge on any atom is -0.496 e. The molecule has 0 amide bonds. The van der Waals surface area contributed by atoms with Gasteiger partial charge < -0.3 is 10.5 Å². The number of hydrogen-bond donors (Lipinski definition) is 1. The van der Waals surface area contributed by atoms with Crippen molar-refractivity contribution in [2.24, 2.45) is 11.1 Å². The number of ether oxygens (including phenoxy) is 1. The van der Waals surface area contributed by atoms with Gasteiger partial charge in [-0.15, -0.1) is 0 Å². The summed E-state index contributed by atoms with van der Waals surface area (Å²) in [7, 11) is 1.73. The topological polar surface area (TPSA) is 35.2 Å². The zero-order valence-electron chi connectivity index (χ0n) is 9.87. The first kappa shape index (κ1) is 10.5. The van der Waals surface area contributed by atoms with Crippen LogP contribution in [0.1, 0.15) is 30.9 Å². The molecule has 2 N–H and O–H groups in total. The van der Waals surface area contributed by atoms with Crippen LogP contribution < -0.4 is 10.5 Å². The molecule has 1 aromatic rings. The molecule has 0 saturated heterocycles. The summed E-state index contributed by atoms with van der Waals surface area (Å²) >= 11 is 0. The van der Waals surface area contributed by atoms with Gasteiger partial charge in [-0.3, -0.25) is 0 Å². The lowest BCUT2D eigenvalue weighted by Crippen LogP contribution is -2.06. The van der Waals surface area contributed by atoms with Crippen LogP contribution in [0.3, 0.4) is 0 Å². The van der Waals surface area contributed by atoms with Crippen LogP contribution in [-0.4, -0.2) is 13.2 Å². The van der Waals surface area contributed by atoms with Gasteiger partial charge in [-0.25, -0.2) is 0 Å². The fourth-order valence-electron chi connectivity index (χ4n) is 2.47. The lowest BCUT2D eigenvalue weighted by Gasteiger charge is -2.11. The number of rotatable bonds is 2. The van der Waals surface area contributed by atoms with Gasteiger partial charge in [0.1, 0.15) is 5.75 Å². The van der Waals surface area contributed by atoms with Crippen molar-refractivity contribution in [2.45, 2.75) is 32.7 Å². The molecule has 0 aromatic heterocycles. The van der Waals surface area contributed by atoms with Gasteiger partial charge in [-0.1, -0.05) is 32.0 Å². The molecule has 1 saturated carbocycles. The first-order valence-electron chi connectivity index (χ1n) is 5.39. The molecule has 0 aliphatic heterocycles. The van der Waals surface area contributed by atoms with Crippen molar-refractivity contribution in [2.75, 3.05) is 7.11 Å². The summed E-state index contributed by atoms with van der Waals surface area (Å²) in [5.41, 5.74) is 8.75. The van der Waals surface area contributed by atoms with Crippen molar-refractivity contribution in [3.8, 4) is 5.75 Å². The normalized spacial score (nSPS) is 27.5. The second-order valence-corrected chi connectivity index (χ2v) is 5.02. The third-order valence-corrected chi connectivity index (χ3v) is 3.69. The van der Waals surface area contributed by atoms with E-state index in [1.165, 1.54) is 11.1 Å². The molecule has 15 heavy (non-hydrogen) atoms. The first-order valence-corrected chi connectivity index (χ1v) is 5.39. The van der Waals surface area contributed by atoms with E-state index in [1.807, 2.05) is 0 Å². The highest BCUT2D eigenvalue weighted by atomic mass is 16.5. The number of nitrogens with two attached hydrogens (primary N) is 1. The van der Waals surface area contributed by atoms with E-state index in [0.717, 1.165) is 5.75 Å². The minimum absolute atomic E-state index is 0.209. The molecule has 2 heteroatoms. The molecular formula is C13H19NO. The van der Waals surface area contributed by atoms with Crippen LogP contribution in [0, 0.1) is 12.3 Å². The quantitative estimate of drug-likeness (QED) is 0.805. The first-order chi connectivity index (χ1) is 7.00. The van der Waals surface area contributed by atoms with Gasteiger partial charge >= 0.3 is 0 Å². The summed E-state index contributed by atoms with van der Waals surface area (Å²) < 4.78 is 5.46. The highest BCUT2D eigenvalue weighted by molar-refractivity contribution is 5.48. The van der Waals surface area contributed by atoms with Gasteiger partial charge in [0.15, 0.2) is 0 Å². The third-order valence-electron chi connectivity index (χ3n) is 3.69. The van der Waals surface area contributed by atoms with Crippen LogP contribution in [0.15, 0.2) is 18.2 Å². The fourth-order valence-corrected chi connectivity index (χ4v) is 2.47. The Bertz CT molecular complexity index is 384. The molecule has 0 heterocycles. The van der Waals surface area contributed by atoms with Crippen molar-refractivity contribution < 1.29 is 4.74 Å². The van der Waals surface area contributed by atoms with Gasteiger partial charge in [0, 0.05) is 12.0 Å². The molecule has 1 aromatic carbocycles. The largest absolute Gasteiger partial charge is 0.496 e. The van der Waals surface area contributed by atoms with E-state index >= 15 is 0 Å². The molecule has 82 valence electrons. The van der Waals surface area contributed by atoms with Crippen LogP contribution in [0.2, 0.25) is 0 Å². The number of hydrogen-bond acceptors (Lipinski definition) is 2. The van der Waals surface area contributed by atoms with Crippen LogP contribution in [0.4, 0.5) is 0 Å². The number of aryl methyl sites for hydroxylation is 1. The molecule has 1 aliphatic carbocycles. The van der Waals surface area contributed by atoms with Crippen LogP contribution in [-0.2, 0) is 0 Å². The standard InChI is InChI=1S/C13H19NO/c1-8-6-5-7-9(11(8)15-4)10-12(14)13(10,2)3/h5-7,10,12H,14H2,1-4H3. The van der Waals surface area contributed by atoms with Gasteiger partial charge in [0.25, 0.3) is 0 Å². The lowest BCUT2D eigenvalue weighted by molar-refractivity contribution is 0.404. The molecule has 2 nitrogen and oxygen atoms in total. The predicted octanol–water partition coefficient (Wildman–Crippen LogP) is 2.45. The van der Waals surface area contributed by atoms with Crippen molar-refractivity contribution >= 4 is 0 Å². The minimum atomic E-state index is 0.209. The van der Waals surface area contributed by atoms with Crippen molar-refractivity contribution in [1.82, 2.24) is 0 Å². The molecule has 1 aliphatic rings. The molecule has 2 atom stereocenters. The summed E-state index contributed by atoms with van der Waals surface area (Å²) in [4.78, 5) is 0. The zero-order valence-corrected chi connectivity index (χ0v) is 9.87. The Morgan fingerprint density at radius 1 is 1.33 bits per heavy atom. The number of methoxy groups -OCH3 is 1. The Morgan fingerprint density at radius 2 is 1.93 bits per heavy atom. The molecule has 0 spiro atoms. The highest BCUT2D eigenvalue weighted by Crippen LogP contribution is 2.59. The summed E-state index contributed by atoms with van der Waals surface area (Å²) in [5.74, 6) is 1.44. The predicted molar refractivity (Wildman–Crippen MR) is 62.2 cm³/mol. The highest BCUT2D eigenvalue weighted by Gasteiger charge is 2.57.